The van der Waals surface area contributed by atoms with Crippen molar-refractivity contribution in [3.8, 4) is 0 Å². The predicted molar refractivity (Wildman–Crippen MR) is 118 cm³/mol. The van der Waals surface area contributed by atoms with Crippen LogP contribution in [0.15, 0.2) is 70.2 Å². The average Bonchev–Trinajstić information content (AvgIpc) is 3.31. The Hall–Kier alpha value is -2.46. The smallest absolute Gasteiger partial charge is 0.240 e. The Morgan fingerprint density at radius 2 is 1.75 bits per heavy atom. The maximum Gasteiger partial charge on any atom is 0.240 e. The summed E-state index contributed by atoms with van der Waals surface area (Å²) >= 11 is 5.74. The highest BCUT2D eigenvalue weighted by Crippen LogP contribution is 2.26. The molecule has 6 nitrogen and oxygen atoms in total. The van der Waals surface area contributed by atoms with Gasteiger partial charge in [-0.1, -0.05) is 11.6 Å². The van der Waals surface area contributed by atoms with Gasteiger partial charge in [0.1, 0.15) is 17.4 Å². The van der Waals surface area contributed by atoms with Gasteiger partial charge >= 0.3 is 0 Å². The third-order valence-electron chi connectivity index (χ3n) is 5.49. The molecule has 3 aromatic rings. The van der Waals surface area contributed by atoms with Gasteiger partial charge in [-0.25, -0.2) is 21.9 Å². The maximum atomic E-state index is 13.4. The highest BCUT2D eigenvalue weighted by molar-refractivity contribution is 7.89. The van der Waals surface area contributed by atoms with E-state index in [9.17, 15) is 17.2 Å². The molecule has 0 aliphatic carbocycles. The Balaban J connectivity index is 1.45. The van der Waals surface area contributed by atoms with Crippen molar-refractivity contribution in [2.24, 2.45) is 0 Å². The third kappa shape index (κ3) is 5.12. The topological polar surface area (TPSA) is 65.8 Å². The molecular weight excluding hydrogens is 460 g/mol. The van der Waals surface area contributed by atoms with Gasteiger partial charge in [-0.3, -0.25) is 4.90 Å². The van der Waals surface area contributed by atoms with Crippen LogP contribution in [-0.2, 0) is 10.0 Å². The van der Waals surface area contributed by atoms with E-state index in [1.165, 1.54) is 18.2 Å². The highest BCUT2D eigenvalue weighted by Gasteiger charge is 2.29. The summed E-state index contributed by atoms with van der Waals surface area (Å²) in [4.78, 5) is 4.18. The Kier molecular flexibility index (Phi) is 6.80. The summed E-state index contributed by atoms with van der Waals surface area (Å²) in [6.45, 7) is 2.79. The van der Waals surface area contributed by atoms with Crippen LogP contribution in [0.3, 0.4) is 0 Å². The number of rotatable bonds is 7. The van der Waals surface area contributed by atoms with Crippen LogP contribution in [0.1, 0.15) is 11.8 Å². The van der Waals surface area contributed by atoms with Gasteiger partial charge in [0.2, 0.25) is 10.0 Å². The minimum Gasteiger partial charge on any atom is -0.468 e. The number of sulfonamides is 1. The van der Waals surface area contributed by atoms with Crippen molar-refractivity contribution in [2.75, 3.05) is 37.6 Å². The van der Waals surface area contributed by atoms with Crippen molar-refractivity contribution in [1.29, 1.82) is 0 Å². The number of nitrogens with zero attached hydrogens (tertiary/aromatic N) is 2. The SMILES string of the molecule is O=S(=O)(NCC(c1ccco1)N1CCN(c2ccc(F)cc2)CC1)c1ccc(F)c(Cl)c1. The van der Waals surface area contributed by atoms with Gasteiger partial charge in [0, 0.05) is 38.4 Å². The van der Waals surface area contributed by atoms with Gasteiger partial charge in [-0.2, -0.15) is 0 Å². The number of benzene rings is 2. The molecule has 2 aromatic carbocycles. The Morgan fingerprint density at radius 3 is 2.38 bits per heavy atom. The molecule has 0 amide bonds. The molecule has 2 heterocycles. The van der Waals surface area contributed by atoms with Crippen LogP contribution in [0.25, 0.3) is 0 Å². The van der Waals surface area contributed by atoms with Gasteiger partial charge in [0.25, 0.3) is 0 Å². The second kappa shape index (κ2) is 9.58. The molecule has 1 atom stereocenters. The summed E-state index contributed by atoms with van der Waals surface area (Å²) < 4.78 is 60.3. The van der Waals surface area contributed by atoms with E-state index in [1.807, 2.05) is 0 Å². The molecule has 1 aromatic heterocycles. The average molecular weight is 482 g/mol. The zero-order valence-electron chi connectivity index (χ0n) is 17.0. The van der Waals surface area contributed by atoms with Gasteiger partial charge in [0.05, 0.1) is 22.2 Å². The zero-order chi connectivity index (χ0) is 22.7. The molecule has 4 rings (SSSR count). The van der Waals surface area contributed by atoms with Crippen molar-refractivity contribution in [2.45, 2.75) is 10.9 Å². The minimum absolute atomic E-state index is 0.0708. The fourth-order valence-corrected chi connectivity index (χ4v) is 5.06. The van der Waals surface area contributed by atoms with E-state index in [1.54, 1.807) is 30.5 Å². The number of furan rings is 1. The number of piperazine rings is 1. The van der Waals surface area contributed by atoms with Gasteiger partial charge in [0.15, 0.2) is 0 Å². The molecule has 0 bridgehead atoms. The lowest BCUT2D eigenvalue weighted by Crippen LogP contribution is -2.49. The molecule has 0 saturated carbocycles. The third-order valence-corrected chi connectivity index (χ3v) is 7.20. The van der Waals surface area contributed by atoms with E-state index in [0.29, 0.717) is 31.9 Å². The first-order valence-electron chi connectivity index (χ1n) is 10.1. The first-order valence-corrected chi connectivity index (χ1v) is 11.9. The van der Waals surface area contributed by atoms with Crippen molar-refractivity contribution in [3.63, 3.8) is 0 Å². The molecule has 10 heteroatoms. The van der Waals surface area contributed by atoms with Crippen LogP contribution in [0.4, 0.5) is 14.5 Å². The summed E-state index contributed by atoms with van der Waals surface area (Å²) in [5.74, 6) is -0.321. The zero-order valence-corrected chi connectivity index (χ0v) is 18.6. The summed E-state index contributed by atoms with van der Waals surface area (Å²) in [6.07, 6.45) is 1.55. The monoisotopic (exact) mass is 481 g/mol. The molecule has 0 radical (unpaired) electrons. The molecule has 170 valence electrons. The minimum atomic E-state index is -3.90. The lowest BCUT2D eigenvalue weighted by Gasteiger charge is -2.39. The van der Waals surface area contributed by atoms with E-state index >= 15 is 0 Å². The fraction of sp³-hybridized carbons (Fsp3) is 0.273. The van der Waals surface area contributed by atoms with E-state index in [-0.39, 0.29) is 28.3 Å². The summed E-state index contributed by atoms with van der Waals surface area (Å²) in [5.41, 5.74) is 0.939. The molecule has 1 fully saturated rings. The second-order valence-electron chi connectivity index (χ2n) is 7.46. The van der Waals surface area contributed by atoms with E-state index in [4.69, 9.17) is 16.0 Å². The predicted octanol–water partition coefficient (Wildman–Crippen LogP) is 4.05. The normalized spacial score (nSPS) is 16.3. The number of hydrogen-bond acceptors (Lipinski definition) is 5. The molecule has 0 spiro atoms. The number of halogens is 3. The van der Waals surface area contributed by atoms with Crippen molar-refractivity contribution < 1.29 is 21.6 Å². The van der Waals surface area contributed by atoms with Crippen LogP contribution >= 0.6 is 11.6 Å². The standard InChI is InChI=1S/C22H22ClF2N3O3S/c23-19-14-18(7-8-20(19)25)32(29,30)26-15-21(22-2-1-13-31-22)28-11-9-27(10-12-28)17-5-3-16(24)4-6-17/h1-8,13-14,21,26H,9-12,15H2. The quantitative estimate of drug-likeness (QED) is 0.551. The summed E-state index contributed by atoms with van der Waals surface area (Å²) in [5, 5.41) is -0.257. The molecule has 1 saturated heterocycles. The fourth-order valence-electron chi connectivity index (χ4n) is 3.75. The Bertz CT molecular complexity index is 1150. The number of hydrogen-bond donors (Lipinski definition) is 1. The molecule has 1 N–H and O–H groups in total. The van der Waals surface area contributed by atoms with Crippen LogP contribution in [0.2, 0.25) is 5.02 Å². The first-order chi connectivity index (χ1) is 15.3. The van der Waals surface area contributed by atoms with Crippen molar-refractivity contribution >= 4 is 27.3 Å². The van der Waals surface area contributed by atoms with E-state index in [0.717, 1.165) is 17.8 Å². The first kappa shape index (κ1) is 22.7. The lowest BCUT2D eigenvalue weighted by molar-refractivity contribution is 0.166. The van der Waals surface area contributed by atoms with Crippen molar-refractivity contribution in [3.05, 3.63) is 83.3 Å². The molecule has 1 unspecified atom stereocenters. The van der Waals surface area contributed by atoms with Crippen LogP contribution < -0.4 is 9.62 Å². The van der Waals surface area contributed by atoms with E-state index in [2.05, 4.69) is 14.5 Å². The van der Waals surface area contributed by atoms with Gasteiger partial charge in [-0.15, -0.1) is 0 Å². The van der Waals surface area contributed by atoms with Gasteiger partial charge < -0.3 is 9.32 Å². The van der Waals surface area contributed by atoms with Crippen LogP contribution in [-0.4, -0.2) is 46.0 Å². The molecule has 1 aliphatic rings. The molecule has 1 aliphatic heterocycles. The summed E-state index contributed by atoms with van der Waals surface area (Å²) in [6, 6.07) is 12.9. The van der Waals surface area contributed by atoms with E-state index < -0.39 is 15.8 Å². The Labute approximate surface area is 190 Å². The maximum absolute atomic E-state index is 13.4. The van der Waals surface area contributed by atoms with Crippen LogP contribution in [0, 0.1) is 11.6 Å². The molecular formula is C22H22ClF2N3O3S. The lowest BCUT2D eigenvalue weighted by atomic mass is 10.1. The number of nitrogens with one attached hydrogen (secondary N) is 1. The second-order valence-corrected chi connectivity index (χ2v) is 9.63. The molecule has 32 heavy (non-hydrogen) atoms. The Morgan fingerprint density at radius 1 is 1.03 bits per heavy atom. The summed E-state index contributed by atoms with van der Waals surface area (Å²) in [7, 11) is -3.90. The highest BCUT2D eigenvalue weighted by atomic mass is 35.5. The largest absolute Gasteiger partial charge is 0.468 e. The van der Waals surface area contributed by atoms with Crippen LogP contribution in [0.5, 0.6) is 0 Å². The van der Waals surface area contributed by atoms with Crippen molar-refractivity contribution in [1.82, 2.24) is 9.62 Å². The number of anilines is 1. The van der Waals surface area contributed by atoms with Gasteiger partial charge in [-0.05, 0) is 54.6 Å².